The van der Waals surface area contributed by atoms with Crippen LogP contribution in [0.3, 0.4) is 0 Å². The number of rotatable bonds is 5. The van der Waals surface area contributed by atoms with Crippen molar-refractivity contribution in [3.05, 3.63) is 24.8 Å². The smallest absolute Gasteiger partial charge is 0.120 e. The summed E-state index contributed by atoms with van der Waals surface area (Å²) in [6.07, 6.45) is 6.33. The molecule has 68 valence electrons. The third-order valence-electron chi connectivity index (χ3n) is 1.61. The Bertz CT molecular complexity index is 171. The summed E-state index contributed by atoms with van der Waals surface area (Å²) in [5.74, 6) is 0.569. The largest absolute Gasteiger partial charge is 0.357 e. The lowest BCUT2D eigenvalue weighted by molar-refractivity contribution is 0.439. The first-order valence-electron chi connectivity index (χ1n) is 4.38. The molecule has 12 heavy (non-hydrogen) atoms. The number of hydrogen-bond acceptors (Lipinski definition) is 1. The highest BCUT2D eigenvalue weighted by atomic mass is 15.1. The van der Waals surface area contributed by atoms with Crippen LogP contribution in [0.1, 0.15) is 20.3 Å². The van der Waals surface area contributed by atoms with Gasteiger partial charge in [-0.15, -0.1) is 0 Å². The predicted octanol–water partition coefficient (Wildman–Crippen LogP) is 2.44. The van der Waals surface area contributed by atoms with Crippen LogP contribution in [0.2, 0.25) is 0 Å². The molecule has 0 unspecified atom stereocenters. The van der Waals surface area contributed by atoms with Gasteiger partial charge in [-0.1, -0.05) is 25.7 Å². The van der Waals surface area contributed by atoms with Crippen LogP contribution in [0.15, 0.2) is 24.8 Å². The van der Waals surface area contributed by atoms with Crippen molar-refractivity contribution in [3.63, 3.8) is 0 Å². The molecular formula is C10H18N2. The second kappa shape index (κ2) is 6.65. The van der Waals surface area contributed by atoms with Crippen LogP contribution < -0.4 is 0 Å². The molecule has 2 nitrogen and oxygen atoms in total. The van der Waals surface area contributed by atoms with Gasteiger partial charge >= 0.3 is 0 Å². The van der Waals surface area contributed by atoms with Crippen LogP contribution >= 0.6 is 0 Å². The monoisotopic (exact) mass is 166 g/mol. The van der Waals surface area contributed by atoms with Gasteiger partial charge in [0.25, 0.3) is 0 Å². The fourth-order valence-corrected chi connectivity index (χ4v) is 0.983. The Balaban J connectivity index is 4.01. The summed E-state index contributed by atoms with van der Waals surface area (Å²) in [7, 11) is 0. The summed E-state index contributed by atoms with van der Waals surface area (Å²) >= 11 is 0. The van der Waals surface area contributed by atoms with Crippen LogP contribution in [0.4, 0.5) is 0 Å². The van der Waals surface area contributed by atoms with Gasteiger partial charge in [0.15, 0.2) is 0 Å². The van der Waals surface area contributed by atoms with Crippen LogP contribution in [0.25, 0.3) is 0 Å². The van der Waals surface area contributed by atoms with E-state index in [0.29, 0.717) is 5.84 Å². The van der Waals surface area contributed by atoms with E-state index in [4.69, 9.17) is 5.41 Å². The van der Waals surface area contributed by atoms with Gasteiger partial charge < -0.3 is 4.90 Å². The first-order valence-corrected chi connectivity index (χ1v) is 4.38. The quantitative estimate of drug-likeness (QED) is 0.379. The topological polar surface area (TPSA) is 27.1 Å². The molecule has 0 aliphatic rings. The molecule has 0 aliphatic heterocycles. The summed E-state index contributed by atoms with van der Waals surface area (Å²) in [5.41, 5.74) is 0. The third kappa shape index (κ3) is 3.96. The van der Waals surface area contributed by atoms with E-state index in [1.807, 2.05) is 4.90 Å². The molecule has 0 aromatic carbocycles. The molecule has 0 atom stereocenters. The van der Waals surface area contributed by atoms with Crippen molar-refractivity contribution < 1.29 is 0 Å². The van der Waals surface area contributed by atoms with Crippen molar-refractivity contribution in [2.45, 2.75) is 20.3 Å². The highest BCUT2D eigenvalue weighted by Gasteiger charge is 2.00. The lowest BCUT2D eigenvalue weighted by Crippen LogP contribution is -2.29. The summed E-state index contributed by atoms with van der Waals surface area (Å²) < 4.78 is 0. The fourth-order valence-electron chi connectivity index (χ4n) is 0.983. The van der Waals surface area contributed by atoms with Gasteiger partial charge in [-0.05, 0) is 19.4 Å². The van der Waals surface area contributed by atoms with Crippen LogP contribution in [0.5, 0.6) is 0 Å². The minimum atomic E-state index is 0.569. The summed E-state index contributed by atoms with van der Waals surface area (Å²) in [4.78, 5) is 2.03. The minimum absolute atomic E-state index is 0.569. The molecule has 2 heteroatoms. The third-order valence-corrected chi connectivity index (χ3v) is 1.61. The van der Waals surface area contributed by atoms with Crippen molar-refractivity contribution in [2.75, 3.05) is 13.1 Å². The van der Waals surface area contributed by atoms with E-state index >= 15 is 0 Å². The Morgan fingerprint density at radius 3 is 2.58 bits per heavy atom. The molecule has 0 amide bonds. The maximum atomic E-state index is 7.64. The molecule has 0 spiro atoms. The second-order valence-electron chi connectivity index (χ2n) is 2.56. The molecule has 0 aromatic rings. The Labute approximate surface area is 75.1 Å². The van der Waals surface area contributed by atoms with Crippen molar-refractivity contribution in [2.24, 2.45) is 0 Å². The highest BCUT2D eigenvalue weighted by Crippen LogP contribution is 1.93. The number of amidine groups is 1. The molecule has 0 aromatic heterocycles. The molecule has 0 saturated carbocycles. The van der Waals surface area contributed by atoms with Gasteiger partial charge in [0.1, 0.15) is 5.84 Å². The molecule has 0 aliphatic carbocycles. The van der Waals surface area contributed by atoms with Gasteiger partial charge in [0.05, 0.1) is 0 Å². The van der Waals surface area contributed by atoms with E-state index in [0.717, 1.165) is 19.5 Å². The van der Waals surface area contributed by atoms with Crippen molar-refractivity contribution in [3.8, 4) is 0 Å². The zero-order valence-corrected chi connectivity index (χ0v) is 8.01. The van der Waals surface area contributed by atoms with Crippen molar-refractivity contribution >= 4 is 5.84 Å². The zero-order valence-electron chi connectivity index (χ0n) is 8.01. The van der Waals surface area contributed by atoms with Gasteiger partial charge in [0, 0.05) is 13.1 Å². The van der Waals surface area contributed by atoms with E-state index in [1.165, 1.54) is 0 Å². The van der Waals surface area contributed by atoms with E-state index in [9.17, 15) is 0 Å². The van der Waals surface area contributed by atoms with Crippen LogP contribution in [0, 0.1) is 5.41 Å². The number of nitrogens with zero attached hydrogens (tertiary/aromatic N) is 1. The van der Waals surface area contributed by atoms with E-state index in [1.54, 1.807) is 18.2 Å². The maximum absolute atomic E-state index is 7.64. The summed E-state index contributed by atoms with van der Waals surface area (Å²) in [6.45, 7) is 9.59. The van der Waals surface area contributed by atoms with Gasteiger partial charge in [-0.25, -0.2) is 0 Å². The molecule has 0 rings (SSSR count). The zero-order chi connectivity index (χ0) is 9.40. The average Bonchev–Trinajstić information content (AvgIpc) is 2.10. The Morgan fingerprint density at radius 2 is 2.17 bits per heavy atom. The molecule has 0 fully saturated rings. The van der Waals surface area contributed by atoms with Crippen molar-refractivity contribution in [1.29, 1.82) is 5.41 Å². The maximum Gasteiger partial charge on any atom is 0.120 e. The Morgan fingerprint density at radius 1 is 1.50 bits per heavy atom. The standard InChI is InChI=1S/C10H18N2/c1-4-7-8-10(11)12(6-3)9-5-2/h4,7-8,11H,1,5-6,9H2,2-3H3/b8-7-,11-10?. The molecule has 0 radical (unpaired) electrons. The van der Waals surface area contributed by atoms with Crippen LogP contribution in [-0.2, 0) is 0 Å². The van der Waals surface area contributed by atoms with E-state index < -0.39 is 0 Å². The number of hydrogen-bond donors (Lipinski definition) is 1. The van der Waals surface area contributed by atoms with Crippen LogP contribution in [-0.4, -0.2) is 23.8 Å². The van der Waals surface area contributed by atoms with Crippen molar-refractivity contribution in [1.82, 2.24) is 4.90 Å². The van der Waals surface area contributed by atoms with Gasteiger partial charge in [-0.3, -0.25) is 5.41 Å². The lowest BCUT2D eigenvalue weighted by atomic mass is 10.3. The molecule has 0 bridgehead atoms. The molecule has 0 heterocycles. The average molecular weight is 166 g/mol. The normalized spacial score (nSPS) is 10.2. The highest BCUT2D eigenvalue weighted by molar-refractivity contribution is 5.90. The second-order valence-corrected chi connectivity index (χ2v) is 2.56. The van der Waals surface area contributed by atoms with Gasteiger partial charge in [0.2, 0.25) is 0 Å². The number of nitrogens with one attached hydrogen (secondary N) is 1. The van der Waals surface area contributed by atoms with E-state index in [2.05, 4.69) is 20.4 Å². The Kier molecular flexibility index (Phi) is 6.07. The molecule has 1 N–H and O–H groups in total. The minimum Gasteiger partial charge on any atom is -0.357 e. The fraction of sp³-hybridized carbons (Fsp3) is 0.500. The Hall–Kier alpha value is -1.05. The molecule has 0 saturated heterocycles. The number of allylic oxidation sites excluding steroid dienone is 2. The first kappa shape index (κ1) is 11.0. The lowest BCUT2D eigenvalue weighted by Gasteiger charge is -2.20. The summed E-state index contributed by atoms with van der Waals surface area (Å²) in [6, 6.07) is 0. The SMILES string of the molecule is C=C/C=C\C(=N)N(CC)CCC. The molecular weight excluding hydrogens is 148 g/mol. The predicted molar refractivity (Wildman–Crippen MR) is 54.6 cm³/mol. The van der Waals surface area contributed by atoms with E-state index in [-0.39, 0.29) is 0 Å². The summed E-state index contributed by atoms with van der Waals surface area (Å²) in [5, 5.41) is 7.64. The van der Waals surface area contributed by atoms with Gasteiger partial charge in [-0.2, -0.15) is 0 Å². The first-order chi connectivity index (χ1) is 5.76. The number of likely N-dealkylation sites (N-methyl/N-ethyl adjacent to an activating group) is 1.